The Morgan fingerprint density at radius 2 is 1.73 bits per heavy atom. The van der Waals surface area contributed by atoms with Crippen LogP contribution in [0.1, 0.15) is 18.5 Å². The molecular weight excluding hydrogens is 194 g/mol. The first-order valence-corrected chi connectivity index (χ1v) is 4.60. The number of hydrogen-bond donors (Lipinski definition) is 3. The van der Waals surface area contributed by atoms with E-state index in [2.05, 4.69) is 9.97 Å². The Hall–Kier alpha value is -1.88. The fourth-order valence-electron chi connectivity index (χ4n) is 1.42. The number of benzene rings is 1. The van der Waals surface area contributed by atoms with E-state index < -0.39 is 11.1 Å². The lowest BCUT2D eigenvalue weighted by Gasteiger charge is -2.06. The lowest BCUT2D eigenvalue weighted by Crippen LogP contribution is -2.28. The van der Waals surface area contributed by atoms with Gasteiger partial charge in [0.05, 0.1) is 11.0 Å². The van der Waals surface area contributed by atoms with E-state index in [1.807, 2.05) is 13.0 Å². The van der Waals surface area contributed by atoms with Crippen molar-refractivity contribution in [1.29, 1.82) is 0 Å². The SMILES string of the molecule is C[C@H](N)c1ccc2[nH]c(=O)c(=O)[nH]c2c1. The summed E-state index contributed by atoms with van der Waals surface area (Å²) in [6.07, 6.45) is 0. The van der Waals surface area contributed by atoms with Gasteiger partial charge in [-0.3, -0.25) is 9.59 Å². The van der Waals surface area contributed by atoms with Gasteiger partial charge in [-0.05, 0) is 24.6 Å². The van der Waals surface area contributed by atoms with Crippen molar-refractivity contribution in [3.63, 3.8) is 0 Å². The summed E-state index contributed by atoms with van der Waals surface area (Å²) in [5.41, 5.74) is 6.52. The molecule has 2 rings (SSSR count). The Morgan fingerprint density at radius 1 is 1.13 bits per heavy atom. The van der Waals surface area contributed by atoms with Crippen LogP contribution in [0.3, 0.4) is 0 Å². The van der Waals surface area contributed by atoms with Crippen LogP contribution in [0.25, 0.3) is 11.0 Å². The van der Waals surface area contributed by atoms with Crippen LogP contribution in [0.4, 0.5) is 0 Å². The molecule has 1 aromatic heterocycles. The monoisotopic (exact) mass is 205 g/mol. The van der Waals surface area contributed by atoms with Crippen molar-refractivity contribution in [1.82, 2.24) is 9.97 Å². The number of hydrogen-bond acceptors (Lipinski definition) is 3. The highest BCUT2D eigenvalue weighted by Crippen LogP contribution is 2.13. The summed E-state index contributed by atoms with van der Waals surface area (Å²) in [5.74, 6) is 0. The number of nitrogens with two attached hydrogens (primary N) is 1. The zero-order chi connectivity index (χ0) is 11.0. The molecule has 5 nitrogen and oxygen atoms in total. The molecule has 15 heavy (non-hydrogen) atoms. The van der Waals surface area contributed by atoms with Crippen molar-refractivity contribution >= 4 is 11.0 Å². The molecule has 2 aromatic rings. The maximum absolute atomic E-state index is 11.1. The van der Waals surface area contributed by atoms with Crippen LogP contribution in [0.5, 0.6) is 0 Å². The number of nitrogens with one attached hydrogen (secondary N) is 2. The average molecular weight is 205 g/mol. The van der Waals surface area contributed by atoms with Crippen LogP contribution in [-0.2, 0) is 0 Å². The molecule has 4 N–H and O–H groups in total. The second kappa shape index (κ2) is 3.36. The van der Waals surface area contributed by atoms with Gasteiger partial charge in [-0.2, -0.15) is 0 Å². The zero-order valence-electron chi connectivity index (χ0n) is 8.20. The second-order valence-corrected chi connectivity index (χ2v) is 3.50. The van der Waals surface area contributed by atoms with E-state index in [-0.39, 0.29) is 6.04 Å². The number of H-pyrrole nitrogens is 2. The first-order valence-electron chi connectivity index (χ1n) is 4.60. The van der Waals surface area contributed by atoms with Crippen molar-refractivity contribution in [2.24, 2.45) is 5.73 Å². The molecule has 1 atom stereocenters. The summed E-state index contributed by atoms with van der Waals surface area (Å²) in [6.45, 7) is 1.85. The van der Waals surface area contributed by atoms with Gasteiger partial charge in [0, 0.05) is 6.04 Å². The Kier molecular flexibility index (Phi) is 2.17. The first kappa shape index (κ1) is 9.67. The maximum Gasteiger partial charge on any atom is 0.314 e. The molecule has 0 spiro atoms. The summed E-state index contributed by atoms with van der Waals surface area (Å²) in [6, 6.07) is 5.20. The fraction of sp³-hybridized carbons (Fsp3) is 0.200. The topological polar surface area (TPSA) is 91.7 Å². The molecular formula is C10H11N3O2. The Labute approximate surface area is 84.9 Å². The van der Waals surface area contributed by atoms with Crippen LogP contribution >= 0.6 is 0 Å². The Balaban J connectivity index is 2.77. The normalized spacial score (nSPS) is 12.9. The van der Waals surface area contributed by atoms with Gasteiger partial charge in [0.1, 0.15) is 0 Å². The summed E-state index contributed by atoms with van der Waals surface area (Å²) in [7, 11) is 0. The summed E-state index contributed by atoms with van der Waals surface area (Å²) in [5, 5.41) is 0. The smallest absolute Gasteiger partial charge is 0.314 e. The van der Waals surface area contributed by atoms with Crippen molar-refractivity contribution in [2.45, 2.75) is 13.0 Å². The highest BCUT2D eigenvalue weighted by atomic mass is 16.2. The minimum Gasteiger partial charge on any atom is -0.324 e. The van der Waals surface area contributed by atoms with Gasteiger partial charge < -0.3 is 15.7 Å². The first-order chi connectivity index (χ1) is 7.08. The van der Waals surface area contributed by atoms with Crippen molar-refractivity contribution in [3.05, 3.63) is 44.5 Å². The van der Waals surface area contributed by atoms with E-state index in [1.165, 1.54) is 0 Å². The standard InChI is InChI=1S/C10H11N3O2/c1-5(11)6-2-3-7-8(4-6)13-10(15)9(14)12-7/h2-5H,11H2,1H3,(H,12,14)(H,13,15)/t5-/m0/s1. The van der Waals surface area contributed by atoms with Gasteiger partial charge in [-0.1, -0.05) is 6.07 Å². The van der Waals surface area contributed by atoms with Crippen LogP contribution in [0.15, 0.2) is 27.8 Å². The minimum absolute atomic E-state index is 0.107. The molecule has 0 amide bonds. The molecule has 0 aliphatic rings. The number of aromatic nitrogens is 2. The van der Waals surface area contributed by atoms with Gasteiger partial charge in [-0.15, -0.1) is 0 Å². The van der Waals surface area contributed by atoms with Gasteiger partial charge in [-0.25, -0.2) is 0 Å². The van der Waals surface area contributed by atoms with Crippen molar-refractivity contribution in [3.8, 4) is 0 Å². The van der Waals surface area contributed by atoms with E-state index in [0.29, 0.717) is 11.0 Å². The van der Waals surface area contributed by atoms with Crippen LogP contribution < -0.4 is 16.9 Å². The fourth-order valence-corrected chi connectivity index (χ4v) is 1.42. The Morgan fingerprint density at radius 3 is 2.33 bits per heavy atom. The van der Waals surface area contributed by atoms with Crippen LogP contribution in [0, 0.1) is 0 Å². The van der Waals surface area contributed by atoms with Gasteiger partial charge in [0.15, 0.2) is 0 Å². The minimum atomic E-state index is -0.649. The molecule has 0 saturated heterocycles. The highest BCUT2D eigenvalue weighted by Gasteiger charge is 2.03. The maximum atomic E-state index is 11.1. The molecule has 0 aliphatic heterocycles. The summed E-state index contributed by atoms with van der Waals surface area (Å²) < 4.78 is 0. The Bertz CT molecular complexity index is 610. The van der Waals surface area contributed by atoms with E-state index in [9.17, 15) is 9.59 Å². The molecule has 0 aliphatic carbocycles. The number of fused-ring (bicyclic) bond motifs is 1. The molecule has 0 saturated carbocycles. The molecule has 1 aromatic carbocycles. The van der Waals surface area contributed by atoms with Crippen LogP contribution in [-0.4, -0.2) is 9.97 Å². The highest BCUT2D eigenvalue weighted by molar-refractivity contribution is 5.74. The number of aromatic amines is 2. The third-order valence-corrected chi connectivity index (χ3v) is 2.27. The predicted molar refractivity (Wildman–Crippen MR) is 57.8 cm³/mol. The quantitative estimate of drug-likeness (QED) is 0.582. The van der Waals surface area contributed by atoms with Crippen molar-refractivity contribution < 1.29 is 0 Å². The molecule has 0 bridgehead atoms. The van der Waals surface area contributed by atoms with E-state index in [0.717, 1.165) is 5.56 Å². The summed E-state index contributed by atoms with van der Waals surface area (Å²) >= 11 is 0. The predicted octanol–water partition coefficient (Wildman–Crippen LogP) is 0.236. The average Bonchev–Trinajstić information content (AvgIpc) is 2.19. The lowest BCUT2D eigenvalue weighted by atomic mass is 10.1. The van der Waals surface area contributed by atoms with Gasteiger partial charge in [0.25, 0.3) is 0 Å². The van der Waals surface area contributed by atoms with Gasteiger partial charge >= 0.3 is 11.1 Å². The molecule has 1 heterocycles. The second-order valence-electron chi connectivity index (χ2n) is 3.50. The molecule has 0 fully saturated rings. The number of rotatable bonds is 1. The molecule has 0 unspecified atom stereocenters. The van der Waals surface area contributed by atoms with Gasteiger partial charge in [0.2, 0.25) is 0 Å². The molecule has 78 valence electrons. The zero-order valence-corrected chi connectivity index (χ0v) is 8.20. The van der Waals surface area contributed by atoms with Crippen molar-refractivity contribution in [2.75, 3.05) is 0 Å². The van der Waals surface area contributed by atoms with E-state index in [1.54, 1.807) is 12.1 Å². The third kappa shape index (κ3) is 1.69. The lowest BCUT2D eigenvalue weighted by molar-refractivity contribution is 0.819. The summed E-state index contributed by atoms with van der Waals surface area (Å²) in [4.78, 5) is 27.1. The largest absolute Gasteiger partial charge is 0.324 e. The molecule has 5 heteroatoms. The third-order valence-electron chi connectivity index (χ3n) is 2.27. The molecule has 0 radical (unpaired) electrons. The van der Waals surface area contributed by atoms with Crippen LogP contribution in [0.2, 0.25) is 0 Å². The van der Waals surface area contributed by atoms with E-state index >= 15 is 0 Å². The van der Waals surface area contributed by atoms with E-state index in [4.69, 9.17) is 5.73 Å².